The standard InChI is InChI=1S/C18H17NO4/c1-21-12-5-6-13-14(10-20)18(19-15(13)9-12)11-4-7-16(22-2)17(8-11)23-3/h4-10,19H,1-3H3. The van der Waals surface area contributed by atoms with Crippen molar-refractivity contribution in [3.63, 3.8) is 0 Å². The molecule has 0 aliphatic heterocycles. The summed E-state index contributed by atoms with van der Waals surface area (Å²) in [6.45, 7) is 0. The second-order valence-corrected chi connectivity index (χ2v) is 5.01. The maximum atomic E-state index is 11.6. The van der Waals surface area contributed by atoms with Gasteiger partial charge in [-0.05, 0) is 30.3 Å². The van der Waals surface area contributed by atoms with Crippen LogP contribution in [0.15, 0.2) is 36.4 Å². The molecule has 0 saturated heterocycles. The van der Waals surface area contributed by atoms with Crippen molar-refractivity contribution in [2.75, 3.05) is 21.3 Å². The minimum absolute atomic E-state index is 0.606. The quantitative estimate of drug-likeness (QED) is 0.730. The van der Waals surface area contributed by atoms with Gasteiger partial charge in [0.15, 0.2) is 17.8 Å². The van der Waals surface area contributed by atoms with E-state index in [4.69, 9.17) is 14.2 Å². The number of nitrogens with one attached hydrogen (secondary N) is 1. The first-order valence-electron chi connectivity index (χ1n) is 7.09. The summed E-state index contributed by atoms with van der Waals surface area (Å²) in [4.78, 5) is 14.9. The summed E-state index contributed by atoms with van der Waals surface area (Å²) >= 11 is 0. The minimum Gasteiger partial charge on any atom is -0.497 e. The zero-order valence-electron chi connectivity index (χ0n) is 13.2. The first-order valence-corrected chi connectivity index (χ1v) is 7.09. The lowest BCUT2D eigenvalue weighted by atomic mass is 10.1. The van der Waals surface area contributed by atoms with Crippen molar-refractivity contribution >= 4 is 17.2 Å². The van der Waals surface area contributed by atoms with Gasteiger partial charge >= 0.3 is 0 Å². The fourth-order valence-corrected chi connectivity index (χ4v) is 2.67. The van der Waals surface area contributed by atoms with E-state index in [0.717, 1.165) is 34.2 Å². The van der Waals surface area contributed by atoms with Crippen LogP contribution in [0, 0.1) is 0 Å². The molecule has 23 heavy (non-hydrogen) atoms. The van der Waals surface area contributed by atoms with Crippen LogP contribution in [0.4, 0.5) is 0 Å². The lowest BCUT2D eigenvalue weighted by Gasteiger charge is -2.09. The van der Waals surface area contributed by atoms with Gasteiger partial charge < -0.3 is 19.2 Å². The highest BCUT2D eigenvalue weighted by atomic mass is 16.5. The van der Waals surface area contributed by atoms with Crippen molar-refractivity contribution in [3.8, 4) is 28.5 Å². The molecule has 5 nitrogen and oxygen atoms in total. The molecule has 1 N–H and O–H groups in total. The summed E-state index contributed by atoms with van der Waals surface area (Å²) in [6, 6.07) is 11.1. The van der Waals surface area contributed by atoms with E-state index in [-0.39, 0.29) is 0 Å². The molecule has 0 amide bonds. The Balaban J connectivity index is 2.21. The average molecular weight is 311 g/mol. The lowest BCUT2D eigenvalue weighted by molar-refractivity contribution is 0.112. The van der Waals surface area contributed by atoms with Crippen molar-refractivity contribution < 1.29 is 19.0 Å². The molecule has 0 radical (unpaired) electrons. The SMILES string of the molecule is COc1ccc2c(C=O)c(-c3ccc(OC)c(OC)c3)[nH]c2c1. The Morgan fingerprint density at radius 2 is 1.70 bits per heavy atom. The predicted molar refractivity (Wildman–Crippen MR) is 88.8 cm³/mol. The van der Waals surface area contributed by atoms with Gasteiger partial charge in [0.2, 0.25) is 0 Å². The Labute approximate surface area is 133 Å². The molecule has 1 heterocycles. The Bertz CT molecular complexity index is 867. The van der Waals surface area contributed by atoms with Gasteiger partial charge in [-0.25, -0.2) is 0 Å². The molecule has 0 fully saturated rings. The Morgan fingerprint density at radius 1 is 0.913 bits per heavy atom. The van der Waals surface area contributed by atoms with Gasteiger partial charge in [0.1, 0.15) is 5.75 Å². The van der Waals surface area contributed by atoms with E-state index in [2.05, 4.69) is 4.98 Å². The third-order valence-electron chi connectivity index (χ3n) is 3.84. The zero-order valence-corrected chi connectivity index (χ0v) is 13.2. The minimum atomic E-state index is 0.606. The van der Waals surface area contributed by atoms with Gasteiger partial charge in [-0.3, -0.25) is 4.79 Å². The first-order chi connectivity index (χ1) is 11.2. The van der Waals surface area contributed by atoms with Crippen molar-refractivity contribution in [3.05, 3.63) is 42.0 Å². The number of H-pyrrole nitrogens is 1. The van der Waals surface area contributed by atoms with E-state index < -0.39 is 0 Å². The van der Waals surface area contributed by atoms with E-state index in [9.17, 15) is 4.79 Å². The molecule has 1 aromatic heterocycles. The summed E-state index contributed by atoms with van der Waals surface area (Å²) < 4.78 is 15.8. The number of hydrogen-bond acceptors (Lipinski definition) is 4. The number of aromatic amines is 1. The summed E-state index contributed by atoms with van der Waals surface area (Å²) in [7, 11) is 4.78. The van der Waals surface area contributed by atoms with Gasteiger partial charge in [0.25, 0.3) is 0 Å². The first kappa shape index (κ1) is 15.0. The maximum absolute atomic E-state index is 11.6. The van der Waals surface area contributed by atoms with Crippen LogP contribution in [0.1, 0.15) is 10.4 Å². The van der Waals surface area contributed by atoms with Crippen LogP contribution < -0.4 is 14.2 Å². The number of rotatable bonds is 5. The number of ether oxygens (including phenoxy) is 3. The van der Waals surface area contributed by atoms with E-state index in [1.165, 1.54) is 0 Å². The van der Waals surface area contributed by atoms with Gasteiger partial charge in [-0.15, -0.1) is 0 Å². The van der Waals surface area contributed by atoms with Crippen molar-refractivity contribution in [1.29, 1.82) is 0 Å². The number of fused-ring (bicyclic) bond motifs is 1. The third kappa shape index (κ3) is 2.50. The van der Waals surface area contributed by atoms with Crippen LogP contribution in [0.5, 0.6) is 17.2 Å². The van der Waals surface area contributed by atoms with Crippen molar-refractivity contribution in [1.82, 2.24) is 4.98 Å². The van der Waals surface area contributed by atoms with Gasteiger partial charge in [0.05, 0.1) is 32.5 Å². The molecule has 0 spiro atoms. The zero-order chi connectivity index (χ0) is 16.4. The molecule has 0 bridgehead atoms. The predicted octanol–water partition coefficient (Wildman–Crippen LogP) is 3.67. The average Bonchev–Trinajstić information content (AvgIpc) is 2.98. The van der Waals surface area contributed by atoms with Gasteiger partial charge in [-0.1, -0.05) is 0 Å². The third-order valence-corrected chi connectivity index (χ3v) is 3.84. The van der Waals surface area contributed by atoms with Crippen LogP contribution in [0.25, 0.3) is 22.2 Å². The highest BCUT2D eigenvalue weighted by Crippen LogP contribution is 2.36. The number of aromatic nitrogens is 1. The molecule has 0 aliphatic rings. The maximum Gasteiger partial charge on any atom is 0.161 e. The number of benzene rings is 2. The fraction of sp³-hybridized carbons (Fsp3) is 0.167. The van der Waals surface area contributed by atoms with E-state index in [1.54, 1.807) is 21.3 Å². The second-order valence-electron chi connectivity index (χ2n) is 5.01. The van der Waals surface area contributed by atoms with Crippen molar-refractivity contribution in [2.24, 2.45) is 0 Å². The van der Waals surface area contributed by atoms with E-state index >= 15 is 0 Å². The monoisotopic (exact) mass is 311 g/mol. The molecule has 0 unspecified atom stereocenters. The summed E-state index contributed by atoms with van der Waals surface area (Å²) in [5.41, 5.74) is 3.04. The van der Waals surface area contributed by atoms with Crippen LogP contribution in [0.3, 0.4) is 0 Å². The van der Waals surface area contributed by atoms with E-state index in [0.29, 0.717) is 17.1 Å². The molecule has 118 valence electrons. The van der Waals surface area contributed by atoms with Crippen LogP contribution in [-0.2, 0) is 0 Å². The van der Waals surface area contributed by atoms with Gasteiger partial charge in [0, 0.05) is 22.6 Å². The Morgan fingerprint density at radius 3 is 2.35 bits per heavy atom. The van der Waals surface area contributed by atoms with Gasteiger partial charge in [-0.2, -0.15) is 0 Å². The van der Waals surface area contributed by atoms with Crippen LogP contribution >= 0.6 is 0 Å². The number of methoxy groups -OCH3 is 3. The molecule has 3 rings (SSSR count). The number of carbonyl (C=O) groups excluding carboxylic acids is 1. The smallest absolute Gasteiger partial charge is 0.161 e. The molecule has 0 atom stereocenters. The van der Waals surface area contributed by atoms with Crippen molar-refractivity contribution in [2.45, 2.75) is 0 Å². The summed E-state index contributed by atoms with van der Waals surface area (Å²) in [5, 5.41) is 0.852. The van der Waals surface area contributed by atoms with E-state index in [1.807, 2.05) is 36.4 Å². The molecule has 0 saturated carbocycles. The normalized spacial score (nSPS) is 10.6. The Kier molecular flexibility index (Phi) is 3.93. The number of hydrogen-bond donors (Lipinski definition) is 1. The summed E-state index contributed by atoms with van der Waals surface area (Å²) in [5.74, 6) is 1.98. The number of carbonyl (C=O) groups is 1. The molecule has 0 aliphatic carbocycles. The molecule has 2 aromatic carbocycles. The van der Waals surface area contributed by atoms with Crippen LogP contribution in [-0.4, -0.2) is 32.6 Å². The molecular weight excluding hydrogens is 294 g/mol. The Hall–Kier alpha value is -2.95. The highest BCUT2D eigenvalue weighted by molar-refractivity contribution is 6.04. The molecule has 3 aromatic rings. The molecular formula is C18H17NO4. The lowest BCUT2D eigenvalue weighted by Crippen LogP contribution is -1.92. The summed E-state index contributed by atoms with van der Waals surface area (Å²) in [6.07, 6.45) is 0.858. The number of aldehydes is 1. The topological polar surface area (TPSA) is 60.6 Å². The highest BCUT2D eigenvalue weighted by Gasteiger charge is 2.15. The largest absolute Gasteiger partial charge is 0.497 e. The van der Waals surface area contributed by atoms with Crippen LogP contribution in [0.2, 0.25) is 0 Å². The fourth-order valence-electron chi connectivity index (χ4n) is 2.67. The second kappa shape index (κ2) is 6.04. The molecule has 5 heteroatoms.